The predicted molar refractivity (Wildman–Crippen MR) is 166 cm³/mol. The maximum absolute atomic E-state index is 14.3. The average molecular weight is 695 g/mol. The topological polar surface area (TPSA) is 229 Å². The van der Waals surface area contributed by atoms with Crippen molar-refractivity contribution in [1.82, 2.24) is 0 Å². The highest BCUT2D eigenvalue weighted by Crippen LogP contribution is 2.64. The van der Waals surface area contributed by atoms with Gasteiger partial charge in [-0.2, -0.15) is 0 Å². The highest BCUT2D eigenvalue weighted by molar-refractivity contribution is 6.29. The molecule has 264 valence electrons. The number of fused-ring (bicyclic) bond motifs is 9. The molecule has 0 amide bonds. The minimum absolute atomic E-state index is 0.0408. The molecule has 0 saturated carbocycles. The van der Waals surface area contributed by atoms with E-state index in [9.17, 15) is 49.2 Å². The lowest BCUT2D eigenvalue weighted by Crippen LogP contribution is -2.38. The zero-order valence-corrected chi connectivity index (χ0v) is 27.7. The maximum atomic E-state index is 14.3. The van der Waals surface area contributed by atoms with Crippen molar-refractivity contribution in [2.24, 2.45) is 0 Å². The molecule has 0 spiro atoms. The first-order chi connectivity index (χ1) is 23.6. The van der Waals surface area contributed by atoms with Crippen LogP contribution in [0.4, 0.5) is 0 Å². The molecule has 6 rings (SSSR count). The fourth-order valence-corrected chi connectivity index (χ4v) is 7.92. The third-order valence-corrected chi connectivity index (χ3v) is 9.83. The molecule has 4 aliphatic rings. The number of carbonyl (C=O) groups excluding carboxylic acids is 6. The molecule has 5 atom stereocenters. The van der Waals surface area contributed by atoms with E-state index in [-0.39, 0.29) is 47.1 Å². The standard InChI is InChI=1S/C35H34O15/c1-12-22-14(6-16(49-12)10-21(39)47-4)7-19-24(30(22)42)29(41)18-11-35(19,50-13(2)36)27-23(18)31(43)26-25(32(27)44)28(40)17(34(48-5)33(26)45)8-15(37)9-20(38)46-3/h7,12,15-16,18,37,42-44H,6,8-11H2,1-5H3/t12-,15?,16+,18+,35-/m0/s1. The van der Waals surface area contributed by atoms with E-state index in [4.69, 9.17) is 18.9 Å². The Labute approximate surface area is 284 Å². The molecule has 15 nitrogen and oxygen atoms in total. The van der Waals surface area contributed by atoms with Crippen molar-refractivity contribution in [3.63, 3.8) is 0 Å². The first kappa shape index (κ1) is 34.6. The van der Waals surface area contributed by atoms with Crippen molar-refractivity contribution in [2.75, 3.05) is 21.3 Å². The van der Waals surface area contributed by atoms with Gasteiger partial charge >= 0.3 is 17.9 Å². The Balaban J connectivity index is 1.59. The number of allylic oxidation sites excluding steroid dienone is 1. The molecule has 50 heavy (non-hydrogen) atoms. The summed E-state index contributed by atoms with van der Waals surface area (Å²) >= 11 is 0. The zero-order chi connectivity index (χ0) is 36.6. The number of aliphatic hydroxyl groups excluding tert-OH is 1. The normalized spacial score (nSPS) is 23.7. The largest absolute Gasteiger partial charge is 0.507 e. The van der Waals surface area contributed by atoms with E-state index in [0.717, 1.165) is 21.1 Å². The summed E-state index contributed by atoms with van der Waals surface area (Å²) in [4.78, 5) is 78.9. The van der Waals surface area contributed by atoms with Crippen LogP contribution in [0.1, 0.15) is 110 Å². The lowest BCUT2D eigenvalue weighted by atomic mass is 9.73. The van der Waals surface area contributed by atoms with Gasteiger partial charge in [0, 0.05) is 42.0 Å². The number of benzene rings is 2. The molecule has 2 aromatic rings. The maximum Gasteiger partial charge on any atom is 0.308 e. The van der Waals surface area contributed by atoms with Crippen LogP contribution in [0.25, 0.3) is 0 Å². The van der Waals surface area contributed by atoms with Gasteiger partial charge in [0.1, 0.15) is 17.2 Å². The minimum Gasteiger partial charge on any atom is -0.507 e. The van der Waals surface area contributed by atoms with E-state index in [1.807, 2.05) is 0 Å². The molecular formula is C35H34O15. The number of ketones is 3. The van der Waals surface area contributed by atoms with Gasteiger partial charge in [-0.1, -0.05) is 0 Å². The number of carbonyl (C=O) groups is 6. The van der Waals surface area contributed by atoms with Gasteiger partial charge in [-0.3, -0.25) is 28.8 Å². The number of esters is 3. The zero-order valence-electron chi connectivity index (χ0n) is 27.7. The lowest BCUT2D eigenvalue weighted by Gasteiger charge is -2.38. The Morgan fingerprint density at radius 2 is 1.58 bits per heavy atom. The van der Waals surface area contributed by atoms with Crippen LogP contribution in [0.2, 0.25) is 0 Å². The molecule has 15 heteroatoms. The van der Waals surface area contributed by atoms with E-state index in [0.29, 0.717) is 5.56 Å². The van der Waals surface area contributed by atoms with Gasteiger partial charge in [-0.05, 0) is 25.0 Å². The highest BCUT2D eigenvalue weighted by Gasteiger charge is 2.61. The Morgan fingerprint density at radius 3 is 2.20 bits per heavy atom. The Morgan fingerprint density at radius 1 is 0.940 bits per heavy atom. The van der Waals surface area contributed by atoms with Gasteiger partial charge in [0.05, 0.1) is 80.7 Å². The van der Waals surface area contributed by atoms with Crippen molar-refractivity contribution in [1.29, 1.82) is 0 Å². The molecule has 0 saturated heterocycles. The second-order valence-electron chi connectivity index (χ2n) is 12.7. The number of hydrogen-bond acceptors (Lipinski definition) is 15. The van der Waals surface area contributed by atoms with Gasteiger partial charge in [-0.15, -0.1) is 0 Å². The summed E-state index contributed by atoms with van der Waals surface area (Å²) in [5.41, 5.74) is -4.04. The van der Waals surface area contributed by atoms with Crippen molar-refractivity contribution in [3.05, 3.63) is 61.9 Å². The van der Waals surface area contributed by atoms with Crippen LogP contribution in [0.5, 0.6) is 17.2 Å². The monoisotopic (exact) mass is 694 g/mol. The van der Waals surface area contributed by atoms with E-state index in [1.54, 1.807) is 6.92 Å². The number of Topliss-reactive ketones (excluding diaryl/α,β-unsaturated/α-hetero) is 3. The smallest absolute Gasteiger partial charge is 0.308 e. The van der Waals surface area contributed by atoms with Gasteiger partial charge in [-0.25, -0.2) is 0 Å². The van der Waals surface area contributed by atoms with E-state index >= 15 is 0 Å². The molecule has 0 fully saturated rings. The van der Waals surface area contributed by atoms with E-state index in [2.05, 4.69) is 4.74 Å². The molecule has 3 aliphatic carbocycles. The first-order valence-corrected chi connectivity index (χ1v) is 15.7. The molecule has 0 radical (unpaired) electrons. The molecule has 2 aromatic carbocycles. The van der Waals surface area contributed by atoms with Crippen molar-refractivity contribution in [3.8, 4) is 17.2 Å². The van der Waals surface area contributed by atoms with Crippen LogP contribution in [-0.4, -0.2) is 89.2 Å². The Hall–Kier alpha value is -5.28. The average Bonchev–Trinajstić information content (AvgIpc) is 3.36. The van der Waals surface area contributed by atoms with Crippen molar-refractivity contribution < 1.29 is 72.9 Å². The molecule has 1 heterocycles. The summed E-state index contributed by atoms with van der Waals surface area (Å²) in [7, 11) is 3.41. The number of aromatic hydroxyl groups is 3. The van der Waals surface area contributed by atoms with Gasteiger partial charge < -0.3 is 44.1 Å². The highest BCUT2D eigenvalue weighted by atomic mass is 16.6. The molecule has 1 unspecified atom stereocenters. The second kappa shape index (κ2) is 12.2. The third-order valence-electron chi connectivity index (χ3n) is 9.83. The summed E-state index contributed by atoms with van der Waals surface area (Å²) in [5, 5.41) is 46.0. The number of rotatable bonds is 8. The van der Waals surface area contributed by atoms with Gasteiger partial charge in [0.2, 0.25) is 5.78 Å². The van der Waals surface area contributed by atoms with Gasteiger partial charge in [0.15, 0.2) is 22.9 Å². The number of ether oxygens (including phenoxy) is 5. The quantitative estimate of drug-likeness (QED) is 0.177. The summed E-state index contributed by atoms with van der Waals surface area (Å²) in [6.45, 7) is 2.70. The third kappa shape index (κ3) is 4.94. The predicted octanol–water partition coefficient (Wildman–Crippen LogP) is 2.45. The number of phenolic OH excluding ortho intramolecular Hbond substituents is 3. The van der Waals surface area contributed by atoms with Crippen molar-refractivity contribution in [2.45, 2.75) is 75.8 Å². The summed E-state index contributed by atoms with van der Waals surface area (Å²) < 4.78 is 26.4. The van der Waals surface area contributed by atoms with Crippen LogP contribution in [-0.2, 0) is 50.1 Å². The summed E-state index contributed by atoms with van der Waals surface area (Å²) in [6.07, 6.45) is -4.51. The molecule has 0 aromatic heterocycles. The lowest BCUT2D eigenvalue weighted by molar-refractivity contribution is -0.154. The molecule has 2 bridgehead atoms. The molecule has 4 N–H and O–H groups in total. The molecular weight excluding hydrogens is 660 g/mol. The van der Waals surface area contributed by atoms with Crippen molar-refractivity contribution >= 4 is 35.3 Å². The minimum atomic E-state index is -2.04. The Kier molecular flexibility index (Phi) is 8.47. The SMILES string of the molecule is COC(=O)CC(O)CC1=C(OC)C(=O)c2c(O)c3c(c(O)c2C1=O)[C@]1(OC(C)=O)C[C@H]3C(=O)c2c1cc1c(c2O)[C@H](C)O[C@@H](CC(=O)OC)C1. The fourth-order valence-electron chi connectivity index (χ4n) is 7.92. The van der Waals surface area contributed by atoms with Gasteiger partial charge in [0.25, 0.3) is 0 Å². The number of aliphatic hydroxyl groups is 1. The van der Waals surface area contributed by atoms with Crippen LogP contribution in [0.3, 0.4) is 0 Å². The summed E-state index contributed by atoms with van der Waals surface area (Å²) in [5.74, 6) is -9.13. The number of hydrogen-bond donors (Lipinski definition) is 4. The fraction of sp³-hybridized carbons (Fsp3) is 0.429. The summed E-state index contributed by atoms with van der Waals surface area (Å²) in [6, 6.07) is 1.51. The number of methoxy groups -OCH3 is 3. The number of phenols is 3. The second-order valence-corrected chi connectivity index (χ2v) is 12.7. The van der Waals surface area contributed by atoms with Crippen LogP contribution >= 0.6 is 0 Å². The van der Waals surface area contributed by atoms with Crippen LogP contribution in [0.15, 0.2) is 17.4 Å². The van der Waals surface area contributed by atoms with E-state index < -0.39 is 118 Å². The van der Waals surface area contributed by atoms with Crippen LogP contribution < -0.4 is 0 Å². The van der Waals surface area contributed by atoms with Crippen LogP contribution in [0, 0.1) is 0 Å². The first-order valence-electron chi connectivity index (χ1n) is 15.7. The molecule has 1 aliphatic heterocycles. The Bertz CT molecular complexity index is 1960. The van der Waals surface area contributed by atoms with E-state index in [1.165, 1.54) is 13.2 Å².